The zero-order chi connectivity index (χ0) is 13.9. The molecule has 0 bridgehead atoms. The Morgan fingerprint density at radius 2 is 1.95 bits per heavy atom. The van der Waals surface area contributed by atoms with Crippen LogP contribution in [0.5, 0.6) is 0 Å². The molecule has 1 aromatic carbocycles. The average molecular weight is 293 g/mol. The van der Waals surface area contributed by atoms with E-state index in [1.54, 1.807) is 18.2 Å². The predicted octanol–water partition coefficient (Wildman–Crippen LogP) is 2.70. The summed E-state index contributed by atoms with van der Waals surface area (Å²) in [5.74, 6) is 0.275. The number of anilines is 2. The van der Waals surface area contributed by atoms with Gasteiger partial charge < -0.3 is 10.6 Å². The number of hydrogen-bond acceptors (Lipinski definition) is 4. The minimum Gasteiger partial charge on any atom is -0.337 e. The van der Waals surface area contributed by atoms with Crippen LogP contribution in [0.25, 0.3) is 0 Å². The van der Waals surface area contributed by atoms with E-state index >= 15 is 0 Å². The summed E-state index contributed by atoms with van der Waals surface area (Å²) in [5, 5.41) is 6.52. The molecule has 2 aromatic rings. The maximum Gasteiger partial charge on any atom is 0.224 e. The van der Waals surface area contributed by atoms with Crippen molar-refractivity contribution < 1.29 is 4.39 Å². The molecule has 0 saturated heterocycles. The van der Waals surface area contributed by atoms with E-state index in [-0.39, 0.29) is 11.1 Å². The van der Waals surface area contributed by atoms with Crippen molar-refractivity contribution in [3.05, 3.63) is 46.6 Å². The Kier molecular flexibility index (Phi) is 3.80. The normalized spacial score (nSPS) is 14.5. The number of aromatic nitrogens is 2. The van der Waals surface area contributed by atoms with Crippen molar-refractivity contribution >= 4 is 23.1 Å². The van der Waals surface area contributed by atoms with Crippen LogP contribution in [0.15, 0.2) is 24.3 Å². The van der Waals surface area contributed by atoms with Crippen LogP contribution in [-0.4, -0.2) is 23.1 Å². The van der Waals surface area contributed by atoms with E-state index in [1.807, 2.05) is 0 Å². The van der Waals surface area contributed by atoms with E-state index in [1.165, 1.54) is 6.07 Å². The first-order valence-corrected chi connectivity index (χ1v) is 6.89. The van der Waals surface area contributed by atoms with E-state index in [0.29, 0.717) is 11.5 Å². The highest BCUT2D eigenvalue weighted by Gasteiger charge is 2.16. The number of para-hydroxylation sites is 1. The summed E-state index contributed by atoms with van der Waals surface area (Å²) in [6.45, 7) is 1.71. The maximum atomic E-state index is 13.7. The largest absolute Gasteiger partial charge is 0.337 e. The van der Waals surface area contributed by atoms with E-state index in [2.05, 4.69) is 20.6 Å². The average Bonchev–Trinajstić information content (AvgIpc) is 2.66. The Hall–Kier alpha value is -1.72. The fraction of sp³-hybridized carbons (Fsp3) is 0.286. The molecule has 2 N–H and O–H groups in total. The highest BCUT2D eigenvalue weighted by molar-refractivity contribution is 6.28. The molecule has 0 atom stereocenters. The van der Waals surface area contributed by atoms with E-state index in [4.69, 9.17) is 11.6 Å². The second-order valence-corrected chi connectivity index (χ2v) is 4.96. The van der Waals surface area contributed by atoms with Crippen LogP contribution in [-0.2, 0) is 12.8 Å². The minimum atomic E-state index is -0.317. The third kappa shape index (κ3) is 2.73. The molecule has 3 rings (SSSR count). The SMILES string of the molecule is Fc1ccccc1Nc1nc(Cl)nc2c1CCNCC2. The van der Waals surface area contributed by atoms with Crippen molar-refractivity contribution in [2.75, 3.05) is 18.4 Å². The van der Waals surface area contributed by atoms with Gasteiger partial charge >= 0.3 is 0 Å². The van der Waals surface area contributed by atoms with Gasteiger partial charge in [-0.15, -0.1) is 0 Å². The van der Waals surface area contributed by atoms with Crippen molar-refractivity contribution in [1.82, 2.24) is 15.3 Å². The summed E-state index contributed by atoms with van der Waals surface area (Å²) in [6.07, 6.45) is 1.59. The summed E-state index contributed by atoms with van der Waals surface area (Å²) in [7, 11) is 0. The van der Waals surface area contributed by atoms with Gasteiger partial charge in [-0.2, -0.15) is 0 Å². The zero-order valence-corrected chi connectivity index (χ0v) is 11.5. The molecule has 0 saturated carbocycles. The minimum absolute atomic E-state index is 0.185. The Balaban J connectivity index is 2.01. The molecule has 20 heavy (non-hydrogen) atoms. The van der Waals surface area contributed by atoms with Crippen LogP contribution in [0.3, 0.4) is 0 Å². The molecule has 1 aliphatic rings. The Bertz CT molecular complexity index is 633. The van der Waals surface area contributed by atoms with Gasteiger partial charge in [-0.05, 0) is 36.7 Å². The molecular formula is C14H14ClFN4. The molecule has 6 heteroatoms. The third-order valence-electron chi connectivity index (χ3n) is 3.28. The number of rotatable bonds is 2. The molecule has 0 aliphatic carbocycles. The monoisotopic (exact) mass is 292 g/mol. The first-order valence-electron chi connectivity index (χ1n) is 6.51. The fourth-order valence-corrected chi connectivity index (χ4v) is 2.49. The van der Waals surface area contributed by atoms with Crippen LogP contribution < -0.4 is 10.6 Å². The number of benzene rings is 1. The van der Waals surface area contributed by atoms with Gasteiger partial charge in [0.05, 0.1) is 11.4 Å². The van der Waals surface area contributed by atoms with Crippen molar-refractivity contribution in [2.45, 2.75) is 12.8 Å². The summed E-state index contributed by atoms with van der Waals surface area (Å²) >= 11 is 5.96. The molecule has 4 nitrogen and oxygen atoms in total. The lowest BCUT2D eigenvalue weighted by atomic mass is 10.1. The lowest BCUT2D eigenvalue weighted by Crippen LogP contribution is -2.16. The van der Waals surface area contributed by atoms with Gasteiger partial charge in [-0.3, -0.25) is 0 Å². The van der Waals surface area contributed by atoms with Crippen molar-refractivity contribution in [1.29, 1.82) is 0 Å². The predicted molar refractivity (Wildman–Crippen MR) is 77.0 cm³/mol. The molecule has 1 aliphatic heterocycles. The van der Waals surface area contributed by atoms with E-state index in [0.717, 1.165) is 37.2 Å². The number of nitrogens with one attached hydrogen (secondary N) is 2. The Labute approximate surface area is 121 Å². The highest BCUT2D eigenvalue weighted by atomic mass is 35.5. The molecule has 0 fully saturated rings. The molecule has 0 radical (unpaired) electrons. The number of fused-ring (bicyclic) bond motifs is 1. The molecule has 0 unspecified atom stereocenters. The lowest BCUT2D eigenvalue weighted by Gasteiger charge is -2.13. The number of nitrogens with zero attached hydrogens (tertiary/aromatic N) is 2. The van der Waals surface area contributed by atoms with Crippen LogP contribution in [0.2, 0.25) is 5.28 Å². The van der Waals surface area contributed by atoms with Crippen molar-refractivity contribution in [3.8, 4) is 0 Å². The van der Waals surface area contributed by atoms with E-state index in [9.17, 15) is 4.39 Å². The molecule has 0 spiro atoms. The molecule has 0 amide bonds. The summed E-state index contributed by atoms with van der Waals surface area (Å²) in [4.78, 5) is 8.49. The first kappa shape index (κ1) is 13.3. The van der Waals surface area contributed by atoms with Crippen molar-refractivity contribution in [2.24, 2.45) is 0 Å². The third-order valence-corrected chi connectivity index (χ3v) is 3.45. The van der Waals surface area contributed by atoms with Crippen molar-refractivity contribution in [3.63, 3.8) is 0 Å². The van der Waals surface area contributed by atoms with Crippen LogP contribution in [0.1, 0.15) is 11.3 Å². The Morgan fingerprint density at radius 1 is 1.15 bits per heavy atom. The standard InChI is InChI=1S/C14H14ClFN4/c15-14-19-11-6-8-17-7-5-9(11)13(20-14)18-12-4-2-1-3-10(12)16/h1-4,17H,5-8H2,(H,18,19,20). The smallest absolute Gasteiger partial charge is 0.224 e. The summed E-state index contributed by atoms with van der Waals surface area (Å²) < 4.78 is 13.7. The quantitative estimate of drug-likeness (QED) is 0.836. The van der Waals surface area contributed by atoms with Gasteiger partial charge in [0.15, 0.2) is 0 Å². The highest BCUT2D eigenvalue weighted by Crippen LogP contribution is 2.25. The molecule has 2 heterocycles. The summed E-state index contributed by atoms with van der Waals surface area (Å²) in [5.41, 5.74) is 2.32. The number of hydrogen-bond donors (Lipinski definition) is 2. The lowest BCUT2D eigenvalue weighted by molar-refractivity contribution is 0.631. The number of halogens is 2. The molecule has 1 aromatic heterocycles. The van der Waals surface area contributed by atoms with Crippen LogP contribution >= 0.6 is 11.6 Å². The van der Waals surface area contributed by atoms with Gasteiger partial charge in [-0.1, -0.05) is 12.1 Å². The van der Waals surface area contributed by atoms with Gasteiger partial charge in [0.2, 0.25) is 5.28 Å². The zero-order valence-electron chi connectivity index (χ0n) is 10.8. The van der Waals surface area contributed by atoms with Gasteiger partial charge in [0.1, 0.15) is 11.6 Å². The Morgan fingerprint density at radius 3 is 2.80 bits per heavy atom. The van der Waals surface area contributed by atoms with Crippen LogP contribution in [0.4, 0.5) is 15.9 Å². The summed E-state index contributed by atoms with van der Waals surface area (Å²) in [6, 6.07) is 6.50. The second kappa shape index (κ2) is 5.73. The first-order chi connectivity index (χ1) is 9.74. The molecular weight excluding hydrogens is 279 g/mol. The molecule has 104 valence electrons. The van der Waals surface area contributed by atoms with Gasteiger partial charge in [0, 0.05) is 18.5 Å². The fourth-order valence-electron chi connectivity index (χ4n) is 2.31. The second-order valence-electron chi connectivity index (χ2n) is 4.62. The van der Waals surface area contributed by atoms with E-state index < -0.39 is 0 Å². The van der Waals surface area contributed by atoms with Crippen LogP contribution in [0, 0.1) is 5.82 Å². The van der Waals surface area contributed by atoms with Gasteiger partial charge in [-0.25, -0.2) is 14.4 Å². The van der Waals surface area contributed by atoms with Gasteiger partial charge in [0.25, 0.3) is 0 Å². The maximum absolute atomic E-state index is 13.7. The topological polar surface area (TPSA) is 49.8 Å².